The van der Waals surface area contributed by atoms with E-state index in [1.54, 1.807) is 17.0 Å². The van der Waals surface area contributed by atoms with Gasteiger partial charge in [-0.15, -0.1) is 0 Å². The number of aryl methyl sites for hydroxylation is 2. The Kier molecular flexibility index (Phi) is 2.92. The molecule has 4 heteroatoms. The molecular formula is C12H11BrN2O. The van der Waals surface area contributed by atoms with Gasteiger partial charge in [0.2, 0.25) is 0 Å². The Morgan fingerprint density at radius 2 is 2.06 bits per heavy atom. The normalized spacial score (nSPS) is 10.4. The summed E-state index contributed by atoms with van der Waals surface area (Å²) in [5, 5.41) is 0. The molecule has 0 aliphatic rings. The fraction of sp³-hybridized carbons (Fsp3) is 0.167. The summed E-state index contributed by atoms with van der Waals surface area (Å²) in [5.41, 5.74) is 2.94. The molecule has 16 heavy (non-hydrogen) atoms. The molecule has 0 aliphatic heterocycles. The maximum Gasteiger partial charge on any atom is 0.288 e. The van der Waals surface area contributed by atoms with E-state index in [9.17, 15) is 4.79 Å². The Morgan fingerprint density at radius 1 is 1.31 bits per heavy atom. The Labute approximate surface area is 102 Å². The highest BCUT2D eigenvalue weighted by Gasteiger charge is 2.06. The van der Waals surface area contributed by atoms with Crippen LogP contribution in [0, 0.1) is 13.8 Å². The van der Waals surface area contributed by atoms with Gasteiger partial charge in [0.25, 0.3) is 5.56 Å². The number of hydrogen-bond donors (Lipinski definition) is 0. The summed E-state index contributed by atoms with van der Waals surface area (Å²) in [5.74, 6) is 0. The highest BCUT2D eigenvalue weighted by Crippen LogP contribution is 2.14. The monoisotopic (exact) mass is 278 g/mol. The summed E-state index contributed by atoms with van der Waals surface area (Å²) in [6.45, 7) is 3.99. The molecule has 82 valence electrons. The van der Waals surface area contributed by atoms with Crippen molar-refractivity contribution in [2.24, 2.45) is 0 Å². The van der Waals surface area contributed by atoms with Gasteiger partial charge in [0.1, 0.15) is 0 Å². The van der Waals surface area contributed by atoms with E-state index in [-0.39, 0.29) is 5.56 Å². The fourth-order valence-corrected chi connectivity index (χ4v) is 1.87. The van der Waals surface area contributed by atoms with Crippen LogP contribution in [0.1, 0.15) is 11.1 Å². The minimum absolute atomic E-state index is 0.142. The topological polar surface area (TPSA) is 34.9 Å². The second kappa shape index (κ2) is 4.22. The van der Waals surface area contributed by atoms with Crippen molar-refractivity contribution in [3.05, 3.63) is 56.7 Å². The maximum atomic E-state index is 11.9. The van der Waals surface area contributed by atoms with E-state index >= 15 is 0 Å². The second-order valence-electron chi connectivity index (χ2n) is 3.68. The lowest BCUT2D eigenvalue weighted by Gasteiger charge is -2.09. The average molecular weight is 279 g/mol. The number of hydrogen-bond acceptors (Lipinski definition) is 2. The van der Waals surface area contributed by atoms with E-state index in [0.717, 1.165) is 16.8 Å². The molecule has 0 saturated heterocycles. The van der Waals surface area contributed by atoms with Crippen LogP contribution in [0.15, 0.2) is 40.0 Å². The summed E-state index contributed by atoms with van der Waals surface area (Å²) in [4.78, 5) is 15.8. The summed E-state index contributed by atoms with van der Waals surface area (Å²) >= 11 is 3.14. The van der Waals surface area contributed by atoms with Crippen molar-refractivity contribution in [2.45, 2.75) is 13.8 Å². The van der Waals surface area contributed by atoms with Crippen LogP contribution in [0.3, 0.4) is 0 Å². The highest BCUT2D eigenvalue weighted by molar-refractivity contribution is 9.10. The Bertz CT molecular complexity index is 590. The molecule has 3 nitrogen and oxygen atoms in total. The molecule has 0 radical (unpaired) electrons. The minimum Gasteiger partial charge on any atom is -0.280 e. The lowest BCUT2D eigenvalue weighted by atomic mass is 10.1. The third-order valence-corrected chi connectivity index (χ3v) is 2.97. The molecule has 1 aromatic heterocycles. The van der Waals surface area contributed by atoms with Crippen LogP contribution in [0.5, 0.6) is 0 Å². The van der Waals surface area contributed by atoms with Gasteiger partial charge in [0, 0.05) is 12.4 Å². The third-order valence-electron chi connectivity index (χ3n) is 2.42. The van der Waals surface area contributed by atoms with Crippen molar-refractivity contribution in [3.63, 3.8) is 0 Å². The van der Waals surface area contributed by atoms with Gasteiger partial charge in [-0.3, -0.25) is 9.36 Å². The van der Waals surface area contributed by atoms with Gasteiger partial charge in [0.15, 0.2) is 4.60 Å². The predicted molar refractivity (Wildman–Crippen MR) is 67.0 cm³/mol. The molecule has 0 fully saturated rings. The summed E-state index contributed by atoms with van der Waals surface area (Å²) < 4.78 is 1.93. The first kappa shape index (κ1) is 11.1. The van der Waals surface area contributed by atoms with Gasteiger partial charge < -0.3 is 0 Å². The minimum atomic E-state index is -0.142. The number of rotatable bonds is 1. The summed E-state index contributed by atoms with van der Waals surface area (Å²) in [6, 6.07) is 6.02. The molecule has 0 unspecified atom stereocenters. The summed E-state index contributed by atoms with van der Waals surface area (Å²) in [7, 11) is 0. The number of aromatic nitrogens is 2. The fourth-order valence-electron chi connectivity index (χ4n) is 1.56. The van der Waals surface area contributed by atoms with Crippen molar-refractivity contribution in [1.82, 2.24) is 9.55 Å². The van der Waals surface area contributed by atoms with Gasteiger partial charge in [0.05, 0.1) is 5.69 Å². The first-order chi connectivity index (χ1) is 7.59. The lowest BCUT2D eigenvalue weighted by Crippen LogP contribution is -2.20. The van der Waals surface area contributed by atoms with E-state index < -0.39 is 0 Å². The van der Waals surface area contributed by atoms with Crippen LogP contribution >= 0.6 is 15.9 Å². The van der Waals surface area contributed by atoms with Crippen LogP contribution in [0.25, 0.3) is 5.69 Å². The number of halogens is 1. The van der Waals surface area contributed by atoms with E-state index in [1.807, 2.05) is 32.0 Å². The van der Waals surface area contributed by atoms with Gasteiger partial charge in [-0.25, -0.2) is 4.98 Å². The first-order valence-electron chi connectivity index (χ1n) is 4.90. The van der Waals surface area contributed by atoms with Crippen LogP contribution in [0.4, 0.5) is 0 Å². The molecule has 1 heterocycles. The molecule has 1 aromatic carbocycles. The molecule has 0 aliphatic carbocycles. The largest absolute Gasteiger partial charge is 0.288 e. The Hall–Kier alpha value is -1.42. The Morgan fingerprint density at radius 3 is 2.81 bits per heavy atom. The molecule has 2 rings (SSSR count). The van der Waals surface area contributed by atoms with E-state index in [4.69, 9.17) is 0 Å². The zero-order valence-corrected chi connectivity index (χ0v) is 10.7. The van der Waals surface area contributed by atoms with Crippen molar-refractivity contribution in [3.8, 4) is 5.69 Å². The zero-order chi connectivity index (χ0) is 11.7. The predicted octanol–water partition coefficient (Wildman–Crippen LogP) is 2.61. The summed E-state index contributed by atoms with van der Waals surface area (Å²) in [6.07, 6.45) is 3.28. The van der Waals surface area contributed by atoms with Crippen LogP contribution in [0.2, 0.25) is 0 Å². The van der Waals surface area contributed by atoms with Gasteiger partial charge in [-0.2, -0.15) is 0 Å². The number of benzene rings is 1. The zero-order valence-electron chi connectivity index (χ0n) is 9.07. The van der Waals surface area contributed by atoms with Crippen molar-refractivity contribution < 1.29 is 0 Å². The van der Waals surface area contributed by atoms with Crippen molar-refractivity contribution in [2.75, 3.05) is 0 Å². The molecular weight excluding hydrogens is 268 g/mol. The highest BCUT2D eigenvalue weighted by atomic mass is 79.9. The SMILES string of the molecule is Cc1ccc(C)c(-n2ccnc(Br)c2=O)c1. The first-order valence-corrected chi connectivity index (χ1v) is 5.69. The molecule has 0 atom stereocenters. The van der Waals surface area contributed by atoms with Crippen molar-refractivity contribution >= 4 is 15.9 Å². The smallest absolute Gasteiger partial charge is 0.280 e. The van der Waals surface area contributed by atoms with E-state index in [1.165, 1.54) is 0 Å². The van der Waals surface area contributed by atoms with Crippen LogP contribution in [-0.2, 0) is 0 Å². The quantitative estimate of drug-likeness (QED) is 0.804. The Balaban J connectivity index is 2.72. The maximum absolute atomic E-state index is 11.9. The average Bonchev–Trinajstić information content (AvgIpc) is 2.26. The lowest BCUT2D eigenvalue weighted by molar-refractivity contribution is 0.928. The standard InChI is InChI=1S/C12H11BrN2O/c1-8-3-4-9(2)10(7-8)15-6-5-14-11(13)12(15)16/h3-7H,1-2H3. The molecule has 0 N–H and O–H groups in total. The molecule has 0 spiro atoms. The van der Waals surface area contributed by atoms with Gasteiger partial charge in [-0.1, -0.05) is 12.1 Å². The second-order valence-corrected chi connectivity index (χ2v) is 4.43. The van der Waals surface area contributed by atoms with Gasteiger partial charge in [-0.05, 0) is 47.0 Å². The molecule has 0 saturated carbocycles. The molecule has 0 bridgehead atoms. The third kappa shape index (κ3) is 1.93. The number of nitrogens with zero attached hydrogens (tertiary/aromatic N) is 2. The van der Waals surface area contributed by atoms with E-state index in [2.05, 4.69) is 20.9 Å². The molecule has 2 aromatic rings. The van der Waals surface area contributed by atoms with Crippen LogP contribution in [-0.4, -0.2) is 9.55 Å². The van der Waals surface area contributed by atoms with Gasteiger partial charge >= 0.3 is 0 Å². The van der Waals surface area contributed by atoms with Crippen LogP contribution < -0.4 is 5.56 Å². The molecule has 0 amide bonds. The van der Waals surface area contributed by atoms with E-state index in [0.29, 0.717) is 4.60 Å². The van der Waals surface area contributed by atoms with Crippen molar-refractivity contribution in [1.29, 1.82) is 0 Å².